The lowest BCUT2D eigenvalue weighted by atomic mass is 10.1. The molecule has 1 aromatic heterocycles. The van der Waals surface area contributed by atoms with Gasteiger partial charge in [0.15, 0.2) is 0 Å². The summed E-state index contributed by atoms with van der Waals surface area (Å²) >= 11 is 6.00. The van der Waals surface area contributed by atoms with E-state index in [1.165, 1.54) is 24.1 Å². The van der Waals surface area contributed by atoms with E-state index >= 15 is 0 Å². The quantitative estimate of drug-likeness (QED) is 0.911. The highest BCUT2D eigenvalue weighted by Gasteiger charge is 2.09. The predicted octanol–water partition coefficient (Wildman–Crippen LogP) is 2.67. The molecule has 0 aliphatic rings. The fraction of sp³-hybridized carbons (Fsp3) is 0.312. The first-order chi connectivity index (χ1) is 10.9. The van der Waals surface area contributed by atoms with Crippen molar-refractivity contribution in [2.75, 3.05) is 12.4 Å². The van der Waals surface area contributed by atoms with Gasteiger partial charge < -0.3 is 10.1 Å². The first kappa shape index (κ1) is 17.0. The Morgan fingerprint density at radius 1 is 1.39 bits per heavy atom. The Bertz CT molecular complexity index is 771. The molecule has 0 saturated carbocycles. The number of halogens is 1. The van der Waals surface area contributed by atoms with Gasteiger partial charge in [-0.25, -0.2) is 4.98 Å². The highest BCUT2D eigenvalue weighted by molar-refractivity contribution is 6.32. The SMILES string of the molecule is COc1ccc(NC(=O)Cn2cnc(C(C)C)cc2=O)cc1Cl. The van der Waals surface area contributed by atoms with Crippen LogP contribution in [0.3, 0.4) is 0 Å². The van der Waals surface area contributed by atoms with Crippen LogP contribution < -0.4 is 15.6 Å². The highest BCUT2D eigenvalue weighted by Crippen LogP contribution is 2.27. The van der Waals surface area contributed by atoms with Crippen LogP contribution in [0.2, 0.25) is 5.02 Å². The summed E-state index contributed by atoms with van der Waals surface area (Å²) in [5, 5.41) is 3.07. The highest BCUT2D eigenvalue weighted by atomic mass is 35.5. The van der Waals surface area contributed by atoms with E-state index in [0.29, 0.717) is 22.2 Å². The third kappa shape index (κ3) is 4.32. The molecular weight excluding hydrogens is 318 g/mol. The van der Waals surface area contributed by atoms with E-state index in [9.17, 15) is 9.59 Å². The molecule has 122 valence electrons. The maximum absolute atomic E-state index is 12.0. The summed E-state index contributed by atoms with van der Waals surface area (Å²) in [5.74, 6) is 0.342. The second kappa shape index (κ2) is 7.28. The Balaban J connectivity index is 2.08. The molecule has 1 amide bonds. The minimum atomic E-state index is -0.340. The largest absolute Gasteiger partial charge is 0.495 e. The van der Waals surface area contributed by atoms with Gasteiger partial charge >= 0.3 is 0 Å². The fourth-order valence-electron chi connectivity index (χ4n) is 1.97. The Morgan fingerprint density at radius 3 is 2.70 bits per heavy atom. The number of hydrogen-bond acceptors (Lipinski definition) is 4. The zero-order valence-corrected chi connectivity index (χ0v) is 13.9. The Labute approximate surface area is 139 Å². The lowest BCUT2D eigenvalue weighted by Crippen LogP contribution is -2.28. The van der Waals surface area contributed by atoms with Crippen LogP contribution in [0.25, 0.3) is 0 Å². The van der Waals surface area contributed by atoms with Crippen molar-refractivity contribution in [3.63, 3.8) is 0 Å². The summed E-state index contributed by atoms with van der Waals surface area (Å²) in [4.78, 5) is 28.2. The second-order valence-corrected chi connectivity index (χ2v) is 5.74. The lowest BCUT2D eigenvalue weighted by molar-refractivity contribution is -0.116. The maximum Gasteiger partial charge on any atom is 0.254 e. The van der Waals surface area contributed by atoms with Crippen molar-refractivity contribution in [3.05, 3.63) is 51.7 Å². The first-order valence-corrected chi connectivity index (χ1v) is 7.48. The third-order valence-corrected chi connectivity index (χ3v) is 3.54. The maximum atomic E-state index is 12.0. The van der Waals surface area contributed by atoms with Gasteiger partial charge in [-0.15, -0.1) is 0 Å². The predicted molar refractivity (Wildman–Crippen MR) is 89.2 cm³/mol. The van der Waals surface area contributed by atoms with Gasteiger partial charge in [-0.3, -0.25) is 14.2 Å². The van der Waals surface area contributed by atoms with E-state index in [1.54, 1.807) is 18.2 Å². The van der Waals surface area contributed by atoms with Crippen molar-refractivity contribution in [1.82, 2.24) is 9.55 Å². The van der Waals surface area contributed by atoms with Crippen LogP contribution in [-0.4, -0.2) is 22.6 Å². The van der Waals surface area contributed by atoms with Crippen LogP contribution in [0.4, 0.5) is 5.69 Å². The molecule has 7 heteroatoms. The molecule has 2 rings (SSSR count). The number of nitrogens with one attached hydrogen (secondary N) is 1. The van der Waals surface area contributed by atoms with Crippen molar-refractivity contribution < 1.29 is 9.53 Å². The molecule has 0 spiro atoms. The number of amides is 1. The van der Waals surface area contributed by atoms with Crippen LogP contribution in [0, 0.1) is 0 Å². The van der Waals surface area contributed by atoms with E-state index in [2.05, 4.69) is 10.3 Å². The number of ether oxygens (including phenoxy) is 1. The van der Waals surface area contributed by atoms with Gasteiger partial charge in [-0.05, 0) is 24.1 Å². The molecular formula is C16H18ClN3O3. The molecule has 0 aliphatic heterocycles. The van der Waals surface area contributed by atoms with Crippen molar-refractivity contribution in [2.45, 2.75) is 26.3 Å². The number of nitrogens with zero attached hydrogens (tertiary/aromatic N) is 2. The summed E-state index contributed by atoms with van der Waals surface area (Å²) < 4.78 is 6.30. The van der Waals surface area contributed by atoms with Crippen molar-refractivity contribution in [2.24, 2.45) is 0 Å². The molecule has 1 heterocycles. The van der Waals surface area contributed by atoms with Crippen LogP contribution >= 0.6 is 11.6 Å². The van der Waals surface area contributed by atoms with Crippen molar-refractivity contribution in [3.8, 4) is 5.75 Å². The zero-order chi connectivity index (χ0) is 17.0. The minimum absolute atomic E-state index is 0.117. The molecule has 0 atom stereocenters. The Hall–Kier alpha value is -2.34. The van der Waals surface area contributed by atoms with Crippen LogP contribution in [0.1, 0.15) is 25.5 Å². The summed E-state index contributed by atoms with van der Waals surface area (Å²) in [6.07, 6.45) is 1.39. The average Bonchev–Trinajstić information content (AvgIpc) is 2.49. The molecule has 0 fully saturated rings. The third-order valence-electron chi connectivity index (χ3n) is 3.24. The number of hydrogen-bond donors (Lipinski definition) is 1. The topological polar surface area (TPSA) is 73.2 Å². The number of rotatable bonds is 5. The fourth-order valence-corrected chi connectivity index (χ4v) is 2.23. The average molecular weight is 336 g/mol. The summed E-state index contributed by atoms with van der Waals surface area (Å²) in [6, 6.07) is 6.36. The Kier molecular flexibility index (Phi) is 5.39. The molecule has 1 aromatic carbocycles. The van der Waals surface area contributed by atoms with Gasteiger partial charge in [0, 0.05) is 11.8 Å². The van der Waals surface area contributed by atoms with Gasteiger partial charge in [0.1, 0.15) is 12.3 Å². The van der Waals surface area contributed by atoms with Crippen LogP contribution in [0.5, 0.6) is 5.75 Å². The van der Waals surface area contributed by atoms with Gasteiger partial charge in [0.25, 0.3) is 5.56 Å². The standard InChI is InChI=1S/C16H18ClN3O3/c1-10(2)13-7-16(22)20(9-18-13)8-15(21)19-11-4-5-14(23-3)12(17)6-11/h4-7,9-10H,8H2,1-3H3,(H,19,21). The normalized spacial score (nSPS) is 10.7. The lowest BCUT2D eigenvalue weighted by Gasteiger charge is -2.10. The van der Waals surface area contributed by atoms with Crippen LogP contribution in [0.15, 0.2) is 35.4 Å². The molecule has 0 radical (unpaired) electrons. The summed E-state index contributed by atoms with van der Waals surface area (Å²) in [5.41, 5.74) is 0.973. The zero-order valence-electron chi connectivity index (χ0n) is 13.2. The van der Waals surface area contributed by atoms with E-state index < -0.39 is 0 Å². The van der Waals surface area contributed by atoms with Gasteiger partial charge in [-0.1, -0.05) is 25.4 Å². The van der Waals surface area contributed by atoms with Gasteiger partial charge in [-0.2, -0.15) is 0 Å². The summed E-state index contributed by atoms with van der Waals surface area (Å²) in [7, 11) is 1.51. The smallest absolute Gasteiger partial charge is 0.254 e. The van der Waals surface area contributed by atoms with Gasteiger partial charge in [0.05, 0.1) is 24.2 Å². The van der Waals surface area contributed by atoms with Gasteiger partial charge in [0.2, 0.25) is 5.91 Å². The second-order valence-electron chi connectivity index (χ2n) is 5.33. The number of methoxy groups -OCH3 is 1. The van der Waals surface area contributed by atoms with Crippen molar-refractivity contribution in [1.29, 1.82) is 0 Å². The minimum Gasteiger partial charge on any atom is -0.495 e. The van der Waals surface area contributed by atoms with Crippen molar-refractivity contribution >= 4 is 23.2 Å². The first-order valence-electron chi connectivity index (χ1n) is 7.10. The molecule has 6 nitrogen and oxygen atoms in total. The molecule has 0 saturated heterocycles. The number of anilines is 1. The Morgan fingerprint density at radius 2 is 2.13 bits per heavy atom. The molecule has 0 bridgehead atoms. The number of benzene rings is 1. The number of aromatic nitrogens is 2. The molecule has 1 N–H and O–H groups in total. The van der Waals surface area contributed by atoms with Crippen LogP contribution in [-0.2, 0) is 11.3 Å². The molecule has 2 aromatic rings. The van der Waals surface area contributed by atoms with E-state index in [1.807, 2.05) is 13.8 Å². The number of carbonyl (C=O) groups excluding carboxylic acids is 1. The van der Waals surface area contributed by atoms with E-state index in [-0.39, 0.29) is 23.9 Å². The van der Waals surface area contributed by atoms with E-state index in [4.69, 9.17) is 16.3 Å². The molecule has 23 heavy (non-hydrogen) atoms. The summed E-state index contributed by atoms with van der Waals surface area (Å²) in [6.45, 7) is 3.78. The molecule has 0 aliphatic carbocycles. The van der Waals surface area contributed by atoms with E-state index in [0.717, 1.165) is 0 Å². The molecule has 0 unspecified atom stereocenters. The monoisotopic (exact) mass is 335 g/mol. The number of carbonyl (C=O) groups is 1.